The molecule has 5 aliphatic rings. The highest BCUT2D eigenvalue weighted by molar-refractivity contribution is 5.34. The van der Waals surface area contributed by atoms with Crippen molar-refractivity contribution in [3.63, 3.8) is 0 Å². The van der Waals surface area contributed by atoms with Crippen molar-refractivity contribution in [3.8, 4) is 0 Å². The van der Waals surface area contributed by atoms with Crippen LogP contribution in [0.4, 0.5) is 0 Å². The van der Waals surface area contributed by atoms with Crippen LogP contribution in [0.3, 0.4) is 0 Å². The highest BCUT2D eigenvalue weighted by atomic mass is 16.7. The lowest BCUT2D eigenvalue weighted by Crippen LogP contribution is -2.65. The van der Waals surface area contributed by atoms with Gasteiger partial charge in [0.25, 0.3) is 0 Å². The molecule has 1 spiro atoms. The standard InChI is InChI=1S/C26H40O4/c1-5-10-24-13-14-26(29-16-22(2,3)17-30-26)15-25(24,28)12-8-18-19-6-7-21(27)23(19,4)11-9-20(18)24/h5,9,18-19,21,27-28H,1,6-8,10-17H2,2-4H3/t18-,19-,21-,23-,24+,25+/m0/s1. The number of ether oxygens (including phenoxy) is 2. The average Bonchev–Trinajstić information content (AvgIpc) is 3.00. The van der Waals surface area contributed by atoms with Gasteiger partial charge in [0.15, 0.2) is 5.79 Å². The van der Waals surface area contributed by atoms with Crippen LogP contribution >= 0.6 is 0 Å². The maximum atomic E-state index is 12.2. The van der Waals surface area contributed by atoms with Crippen LogP contribution in [0.5, 0.6) is 0 Å². The van der Waals surface area contributed by atoms with Crippen LogP contribution in [0, 0.1) is 28.1 Å². The molecule has 30 heavy (non-hydrogen) atoms. The minimum atomic E-state index is -0.825. The Balaban J connectivity index is 1.50. The first kappa shape index (κ1) is 21.2. The van der Waals surface area contributed by atoms with Crippen LogP contribution < -0.4 is 0 Å². The first-order valence-electron chi connectivity index (χ1n) is 12.1. The van der Waals surface area contributed by atoms with Crippen molar-refractivity contribution in [1.29, 1.82) is 0 Å². The molecular weight excluding hydrogens is 376 g/mol. The lowest BCUT2D eigenvalue weighted by molar-refractivity contribution is -0.343. The first-order chi connectivity index (χ1) is 14.1. The Morgan fingerprint density at radius 1 is 1.10 bits per heavy atom. The Morgan fingerprint density at radius 3 is 2.53 bits per heavy atom. The molecule has 0 aromatic rings. The number of hydrogen-bond acceptors (Lipinski definition) is 4. The van der Waals surface area contributed by atoms with Crippen LogP contribution in [0.1, 0.15) is 78.6 Å². The fraction of sp³-hybridized carbons (Fsp3) is 0.846. The molecule has 0 aromatic heterocycles. The fourth-order valence-corrected chi connectivity index (χ4v) is 7.91. The zero-order valence-corrected chi connectivity index (χ0v) is 19.1. The summed E-state index contributed by atoms with van der Waals surface area (Å²) < 4.78 is 12.7. The van der Waals surface area contributed by atoms with E-state index in [9.17, 15) is 10.2 Å². The van der Waals surface area contributed by atoms with Crippen LogP contribution in [-0.2, 0) is 9.47 Å². The zero-order valence-electron chi connectivity index (χ0n) is 19.1. The number of fused-ring (bicyclic) bond motifs is 5. The van der Waals surface area contributed by atoms with Crippen molar-refractivity contribution in [1.82, 2.24) is 0 Å². The summed E-state index contributed by atoms with van der Waals surface area (Å²) in [6.07, 6.45) is 12.0. The molecule has 4 nitrogen and oxygen atoms in total. The van der Waals surface area contributed by atoms with Crippen molar-refractivity contribution in [2.45, 2.75) is 96.1 Å². The van der Waals surface area contributed by atoms with Gasteiger partial charge in [0.05, 0.1) is 24.9 Å². The smallest absolute Gasteiger partial charge is 0.171 e. The summed E-state index contributed by atoms with van der Waals surface area (Å²) in [6.45, 7) is 12.1. The molecule has 0 unspecified atom stereocenters. The maximum absolute atomic E-state index is 12.2. The number of rotatable bonds is 2. The normalized spacial score (nSPS) is 49.0. The zero-order chi connectivity index (χ0) is 21.4. The Kier molecular flexibility index (Phi) is 4.70. The van der Waals surface area contributed by atoms with Gasteiger partial charge in [-0.05, 0) is 56.8 Å². The fourth-order valence-electron chi connectivity index (χ4n) is 7.91. The van der Waals surface area contributed by atoms with E-state index >= 15 is 0 Å². The molecule has 0 bridgehead atoms. The summed E-state index contributed by atoms with van der Waals surface area (Å²) in [5.41, 5.74) is 0.390. The molecule has 0 aromatic carbocycles. The highest BCUT2D eigenvalue weighted by Crippen LogP contribution is 2.68. The molecule has 0 amide bonds. The molecule has 5 rings (SSSR count). The van der Waals surface area contributed by atoms with Gasteiger partial charge >= 0.3 is 0 Å². The number of hydrogen-bond donors (Lipinski definition) is 2. The van der Waals surface area contributed by atoms with Crippen molar-refractivity contribution in [2.24, 2.45) is 28.1 Å². The Hall–Kier alpha value is -0.680. The summed E-state index contributed by atoms with van der Waals surface area (Å²) in [6, 6.07) is 0. The van der Waals surface area contributed by atoms with E-state index in [1.54, 1.807) is 0 Å². The van der Waals surface area contributed by atoms with Gasteiger partial charge in [-0.1, -0.05) is 38.5 Å². The van der Waals surface area contributed by atoms with E-state index < -0.39 is 11.4 Å². The van der Waals surface area contributed by atoms with Gasteiger partial charge in [0, 0.05) is 29.1 Å². The molecule has 6 atom stereocenters. The number of aliphatic hydroxyl groups is 2. The second-order valence-corrected chi connectivity index (χ2v) is 12.1. The summed E-state index contributed by atoms with van der Waals surface area (Å²) in [4.78, 5) is 0. The van der Waals surface area contributed by atoms with Crippen LogP contribution in [0.15, 0.2) is 24.3 Å². The molecule has 1 aliphatic heterocycles. The second-order valence-electron chi connectivity index (χ2n) is 12.1. The number of allylic oxidation sites excluding steroid dienone is 2. The van der Waals surface area contributed by atoms with Gasteiger partial charge in [-0.25, -0.2) is 0 Å². The largest absolute Gasteiger partial charge is 0.393 e. The molecule has 4 fully saturated rings. The maximum Gasteiger partial charge on any atom is 0.171 e. The molecule has 3 saturated carbocycles. The Labute approximate surface area is 181 Å². The summed E-state index contributed by atoms with van der Waals surface area (Å²) >= 11 is 0. The van der Waals surface area contributed by atoms with Gasteiger partial charge in [0.2, 0.25) is 0 Å². The second kappa shape index (κ2) is 6.66. The van der Waals surface area contributed by atoms with E-state index in [-0.39, 0.29) is 22.3 Å². The quantitative estimate of drug-likeness (QED) is 0.638. The van der Waals surface area contributed by atoms with Crippen molar-refractivity contribution in [2.75, 3.05) is 13.2 Å². The van der Waals surface area contributed by atoms with Crippen molar-refractivity contribution >= 4 is 0 Å². The third-order valence-electron chi connectivity index (χ3n) is 9.76. The molecule has 4 heteroatoms. The molecule has 0 radical (unpaired) electrons. The van der Waals surface area contributed by atoms with Crippen molar-refractivity contribution in [3.05, 3.63) is 24.3 Å². The monoisotopic (exact) mass is 416 g/mol. The van der Waals surface area contributed by atoms with Crippen LogP contribution in [0.25, 0.3) is 0 Å². The van der Waals surface area contributed by atoms with Crippen LogP contribution in [-0.4, -0.2) is 40.9 Å². The van der Waals surface area contributed by atoms with E-state index in [1.807, 2.05) is 6.08 Å². The third kappa shape index (κ3) is 2.79. The molecular formula is C26H40O4. The van der Waals surface area contributed by atoms with Crippen LogP contribution in [0.2, 0.25) is 0 Å². The minimum Gasteiger partial charge on any atom is -0.393 e. The third-order valence-corrected chi connectivity index (χ3v) is 9.76. The highest BCUT2D eigenvalue weighted by Gasteiger charge is 2.66. The van der Waals surface area contributed by atoms with E-state index in [4.69, 9.17) is 9.47 Å². The lowest BCUT2D eigenvalue weighted by Gasteiger charge is -2.64. The topological polar surface area (TPSA) is 58.9 Å². The van der Waals surface area contributed by atoms with Gasteiger partial charge in [-0.3, -0.25) is 0 Å². The van der Waals surface area contributed by atoms with Gasteiger partial charge < -0.3 is 19.7 Å². The van der Waals surface area contributed by atoms with Crippen molar-refractivity contribution < 1.29 is 19.7 Å². The Morgan fingerprint density at radius 2 is 1.83 bits per heavy atom. The molecule has 1 saturated heterocycles. The number of aliphatic hydroxyl groups excluding tert-OH is 1. The minimum absolute atomic E-state index is 0.00391. The summed E-state index contributed by atoms with van der Waals surface area (Å²) in [5.74, 6) is 0.356. The average molecular weight is 417 g/mol. The van der Waals surface area contributed by atoms with Gasteiger partial charge in [-0.2, -0.15) is 0 Å². The van der Waals surface area contributed by atoms with E-state index in [2.05, 4.69) is 33.4 Å². The molecule has 168 valence electrons. The molecule has 2 N–H and O–H groups in total. The summed E-state index contributed by atoms with van der Waals surface area (Å²) in [7, 11) is 0. The van der Waals surface area contributed by atoms with E-state index in [0.29, 0.717) is 31.5 Å². The molecule has 4 aliphatic carbocycles. The first-order valence-corrected chi connectivity index (χ1v) is 12.1. The lowest BCUT2D eigenvalue weighted by atomic mass is 9.45. The molecule has 1 heterocycles. The predicted octanol–water partition coefficient (Wildman–Crippen LogP) is 4.75. The SMILES string of the molecule is C=CC[C@]12CCC3(C[C@]1(O)CC[C@@H]1C2=CC[C@]2(C)[C@@H](O)CC[C@@H]12)OCC(C)(C)CO3. The van der Waals surface area contributed by atoms with E-state index in [0.717, 1.165) is 51.4 Å². The predicted molar refractivity (Wildman–Crippen MR) is 117 cm³/mol. The van der Waals surface area contributed by atoms with Gasteiger partial charge in [0.1, 0.15) is 0 Å². The van der Waals surface area contributed by atoms with E-state index in [1.165, 1.54) is 5.57 Å². The van der Waals surface area contributed by atoms with Gasteiger partial charge in [-0.15, -0.1) is 6.58 Å². The Bertz CT molecular complexity index is 746. The summed E-state index contributed by atoms with van der Waals surface area (Å²) in [5, 5.41) is 22.9.